The summed E-state index contributed by atoms with van der Waals surface area (Å²) < 4.78 is 5.20. The van der Waals surface area contributed by atoms with Crippen molar-refractivity contribution in [2.75, 3.05) is 20.7 Å². The predicted octanol–water partition coefficient (Wildman–Crippen LogP) is 1.81. The van der Waals surface area contributed by atoms with Gasteiger partial charge in [0.05, 0.1) is 12.5 Å². The minimum Gasteiger partial charge on any atom is -0.497 e. The van der Waals surface area contributed by atoms with Crippen LogP contribution in [-0.2, 0) is 10.2 Å². The van der Waals surface area contributed by atoms with E-state index in [-0.39, 0.29) is 11.3 Å². The van der Waals surface area contributed by atoms with Crippen LogP contribution in [0.2, 0.25) is 0 Å². The van der Waals surface area contributed by atoms with E-state index < -0.39 is 0 Å². The maximum Gasteiger partial charge on any atom is 0.232 e. The molecule has 0 N–H and O–H groups in total. The fourth-order valence-electron chi connectivity index (χ4n) is 2.26. The standard InChI is InChI=1S/C13H17NO2/c1-13(7-8-14(2)12(13)15)10-5-4-6-11(9-10)16-3/h4-6,9H,7-8H2,1-3H3/t13-/m0/s1. The van der Waals surface area contributed by atoms with Crippen molar-refractivity contribution in [1.82, 2.24) is 4.90 Å². The van der Waals surface area contributed by atoms with E-state index in [4.69, 9.17) is 4.74 Å². The average molecular weight is 219 g/mol. The van der Waals surface area contributed by atoms with Crippen LogP contribution < -0.4 is 4.74 Å². The molecule has 16 heavy (non-hydrogen) atoms. The molecule has 0 saturated carbocycles. The van der Waals surface area contributed by atoms with Crippen molar-refractivity contribution in [2.24, 2.45) is 0 Å². The number of likely N-dealkylation sites (N-methyl/N-ethyl adjacent to an activating group) is 1. The number of rotatable bonds is 2. The Bertz CT molecular complexity index is 416. The molecule has 1 aromatic carbocycles. The van der Waals surface area contributed by atoms with Gasteiger partial charge in [-0.25, -0.2) is 0 Å². The van der Waals surface area contributed by atoms with Crippen molar-refractivity contribution in [3.8, 4) is 5.75 Å². The second-order valence-electron chi connectivity index (χ2n) is 4.54. The van der Waals surface area contributed by atoms with E-state index in [2.05, 4.69) is 0 Å². The summed E-state index contributed by atoms with van der Waals surface area (Å²) in [7, 11) is 3.50. The number of ether oxygens (including phenoxy) is 1. The van der Waals surface area contributed by atoms with Gasteiger partial charge in [-0.05, 0) is 31.0 Å². The Kier molecular flexibility index (Phi) is 2.62. The Balaban J connectivity index is 2.39. The fraction of sp³-hybridized carbons (Fsp3) is 0.462. The van der Waals surface area contributed by atoms with Crippen molar-refractivity contribution in [1.29, 1.82) is 0 Å². The predicted molar refractivity (Wildman–Crippen MR) is 62.6 cm³/mol. The number of hydrogen-bond donors (Lipinski definition) is 0. The van der Waals surface area contributed by atoms with Gasteiger partial charge in [-0.15, -0.1) is 0 Å². The topological polar surface area (TPSA) is 29.5 Å². The van der Waals surface area contributed by atoms with Gasteiger partial charge in [-0.1, -0.05) is 12.1 Å². The molecule has 0 spiro atoms. The molecule has 0 unspecified atom stereocenters. The molecule has 1 amide bonds. The second kappa shape index (κ2) is 3.81. The van der Waals surface area contributed by atoms with Crippen LogP contribution in [0.25, 0.3) is 0 Å². The summed E-state index contributed by atoms with van der Waals surface area (Å²) in [5.41, 5.74) is 0.657. The molecule has 3 heteroatoms. The van der Waals surface area contributed by atoms with Crippen LogP contribution in [0.4, 0.5) is 0 Å². The zero-order valence-electron chi connectivity index (χ0n) is 9.99. The third kappa shape index (κ3) is 1.56. The number of benzene rings is 1. The maximum absolute atomic E-state index is 12.1. The van der Waals surface area contributed by atoms with Crippen LogP contribution in [0.5, 0.6) is 5.75 Å². The molecule has 1 aromatic rings. The fourth-order valence-corrected chi connectivity index (χ4v) is 2.26. The lowest BCUT2D eigenvalue weighted by Crippen LogP contribution is -2.33. The molecule has 2 rings (SSSR count). The summed E-state index contributed by atoms with van der Waals surface area (Å²) in [6.45, 7) is 2.83. The molecule has 0 aromatic heterocycles. The van der Waals surface area contributed by atoms with Gasteiger partial charge in [0.2, 0.25) is 5.91 Å². The average Bonchev–Trinajstić information content (AvgIpc) is 2.59. The molecular weight excluding hydrogens is 202 g/mol. The largest absolute Gasteiger partial charge is 0.497 e. The molecule has 1 fully saturated rings. The van der Waals surface area contributed by atoms with Gasteiger partial charge in [-0.3, -0.25) is 4.79 Å². The Morgan fingerprint density at radius 2 is 2.19 bits per heavy atom. The van der Waals surface area contributed by atoms with Crippen LogP contribution in [-0.4, -0.2) is 31.5 Å². The van der Waals surface area contributed by atoms with Crippen LogP contribution in [0.3, 0.4) is 0 Å². The number of carbonyl (C=O) groups excluding carboxylic acids is 1. The summed E-state index contributed by atoms with van der Waals surface area (Å²) in [6.07, 6.45) is 0.871. The Morgan fingerprint density at radius 3 is 2.75 bits per heavy atom. The van der Waals surface area contributed by atoms with Crippen molar-refractivity contribution in [2.45, 2.75) is 18.8 Å². The summed E-state index contributed by atoms with van der Waals surface area (Å²) in [5, 5.41) is 0. The zero-order chi connectivity index (χ0) is 11.8. The minimum absolute atomic E-state index is 0.195. The molecule has 0 radical (unpaired) electrons. The monoisotopic (exact) mass is 219 g/mol. The number of carbonyl (C=O) groups is 1. The first kappa shape index (κ1) is 11.0. The van der Waals surface area contributed by atoms with Crippen molar-refractivity contribution in [3.63, 3.8) is 0 Å². The molecule has 86 valence electrons. The SMILES string of the molecule is COc1cccc([C@]2(C)CCN(C)C2=O)c1. The quantitative estimate of drug-likeness (QED) is 0.759. The molecule has 0 aliphatic carbocycles. The van der Waals surface area contributed by atoms with E-state index in [1.165, 1.54) is 0 Å². The highest BCUT2D eigenvalue weighted by atomic mass is 16.5. The van der Waals surface area contributed by atoms with E-state index in [0.717, 1.165) is 24.3 Å². The maximum atomic E-state index is 12.1. The molecule has 1 heterocycles. The molecule has 1 atom stereocenters. The van der Waals surface area contributed by atoms with Gasteiger partial charge >= 0.3 is 0 Å². The van der Waals surface area contributed by atoms with Gasteiger partial charge in [0.15, 0.2) is 0 Å². The first-order valence-corrected chi connectivity index (χ1v) is 5.48. The first-order valence-electron chi connectivity index (χ1n) is 5.48. The normalized spacial score (nSPS) is 24.9. The summed E-state index contributed by atoms with van der Waals surface area (Å²) in [4.78, 5) is 13.9. The van der Waals surface area contributed by atoms with Crippen molar-refractivity contribution >= 4 is 5.91 Å². The Labute approximate surface area is 96.0 Å². The highest BCUT2D eigenvalue weighted by molar-refractivity contribution is 5.89. The third-order valence-electron chi connectivity index (χ3n) is 3.47. The van der Waals surface area contributed by atoms with Crippen LogP contribution in [0, 0.1) is 0 Å². The number of methoxy groups -OCH3 is 1. The minimum atomic E-state index is -0.386. The van der Waals surface area contributed by atoms with Gasteiger partial charge in [-0.2, -0.15) is 0 Å². The van der Waals surface area contributed by atoms with E-state index in [1.54, 1.807) is 12.0 Å². The highest BCUT2D eigenvalue weighted by Crippen LogP contribution is 2.35. The van der Waals surface area contributed by atoms with Gasteiger partial charge < -0.3 is 9.64 Å². The smallest absolute Gasteiger partial charge is 0.232 e. The zero-order valence-corrected chi connectivity index (χ0v) is 9.99. The Morgan fingerprint density at radius 1 is 1.44 bits per heavy atom. The van der Waals surface area contributed by atoms with E-state index in [9.17, 15) is 4.79 Å². The van der Waals surface area contributed by atoms with E-state index in [0.29, 0.717) is 0 Å². The van der Waals surface area contributed by atoms with Gasteiger partial charge in [0.1, 0.15) is 5.75 Å². The second-order valence-corrected chi connectivity index (χ2v) is 4.54. The highest BCUT2D eigenvalue weighted by Gasteiger charge is 2.42. The number of amides is 1. The van der Waals surface area contributed by atoms with Crippen LogP contribution in [0.15, 0.2) is 24.3 Å². The molecule has 1 saturated heterocycles. The van der Waals surface area contributed by atoms with E-state index >= 15 is 0 Å². The summed E-state index contributed by atoms with van der Waals surface area (Å²) in [5.74, 6) is 1.00. The lowest BCUT2D eigenvalue weighted by atomic mass is 9.81. The molecular formula is C13H17NO2. The molecule has 1 aliphatic rings. The summed E-state index contributed by atoms with van der Waals surface area (Å²) >= 11 is 0. The van der Waals surface area contributed by atoms with Gasteiger partial charge in [0.25, 0.3) is 0 Å². The third-order valence-corrected chi connectivity index (χ3v) is 3.47. The molecule has 0 bridgehead atoms. The first-order chi connectivity index (χ1) is 7.58. The summed E-state index contributed by atoms with van der Waals surface area (Å²) in [6, 6.07) is 7.79. The Hall–Kier alpha value is -1.51. The lowest BCUT2D eigenvalue weighted by Gasteiger charge is -2.22. The number of likely N-dealkylation sites (tertiary alicyclic amines) is 1. The van der Waals surface area contributed by atoms with Crippen LogP contribution >= 0.6 is 0 Å². The number of nitrogens with zero attached hydrogens (tertiary/aromatic N) is 1. The number of hydrogen-bond acceptors (Lipinski definition) is 2. The molecule has 1 aliphatic heterocycles. The van der Waals surface area contributed by atoms with E-state index in [1.807, 2.05) is 38.2 Å². The van der Waals surface area contributed by atoms with Crippen molar-refractivity contribution < 1.29 is 9.53 Å². The molecule has 3 nitrogen and oxygen atoms in total. The van der Waals surface area contributed by atoms with Crippen LogP contribution in [0.1, 0.15) is 18.9 Å². The van der Waals surface area contributed by atoms with Gasteiger partial charge in [0, 0.05) is 13.6 Å². The van der Waals surface area contributed by atoms with Crippen molar-refractivity contribution in [3.05, 3.63) is 29.8 Å². The lowest BCUT2D eigenvalue weighted by molar-refractivity contribution is -0.130.